The first-order chi connectivity index (χ1) is 13.4. The summed E-state index contributed by atoms with van der Waals surface area (Å²) in [5, 5.41) is 22.6. The number of oxime groups is 1. The van der Waals surface area contributed by atoms with E-state index in [1.807, 2.05) is 24.3 Å². The highest BCUT2D eigenvalue weighted by Gasteiger charge is 2.13. The van der Waals surface area contributed by atoms with Crippen LogP contribution in [0.4, 0.5) is 0 Å². The number of carboxylic acid groups (broad SMARTS) is 1. The summed E-state index contributed by atoms with van der Waals surface area (Å²) in [6.07, 6.45) is -0.750. The summed E-state index contributed by atoms with van der Waals surface area (Å²) in [7, 11) is 0. The lowest BCUT2D eigenvalue weighted by atomic mass is 10.1. The van der Waals surface area contributed by atoms with Crippen LogP contribution in [0.1, 0.15) is 31.9 Å². The van der Waals surface area contributed by atoms with Crippen LogP contribution in [-0.2, 0) is 14.4 Å². The van der Waals surface area contributed by atoms with Crippen molar-refractivity contribution in [3.05, 3.63) is 54.1 Å². The van der Waals surface area contributed by atoms with E-state index in [2.05, 4.69) is 9.99 Å². The second-order valence-electron chi connectivity index (χ2n) is 5.78. The van der Waals surface area contributed by atoms with Gasteiger partial charge < -0.3 is 19.8 Å². The van der Waals surface area contributed by atoms with Crippen LogP contribution in [0.5, 0.6) is 5.75 Å². The average Bonchev–Trinajstić information content (AvgIpc) is 2.71. The number of benzene rings is 2. The number of nitrogens with zero attached hydrogens (tertiary/aromatic N) is 1. The third-order valence-corrected chi connectivity index (χ3v) is 4.61. The highest BCUT2D eigenvalue weighted by molar-refractivity contribution is 7.99. The molecular weight excluding hydrogens is 382 g/mol. The van der Waals surface area contributed by atoms with E-state index in [1.54, 1.807) is 38.1 Å². The van der Waals surface area contributed by atoms with Crippen LogP contribution in [0.25, 0.3) is 0 Å². The molecule has 2 aromatic carbocycles. The fraction of sp³-hybridized carbons (Fsp3) is 0.250. The molecule has 0 spiro atoms. The fourth-order valence-corrected chi connectivity index (χ4v) is 2.90. The normalized spacial score (nSPS) is 12.3. The molecule has 0 aliphatic heterocycles. The van der Waals surface area contributed by atoms with Gasteiger partial charge in [-0.05, 0) is 48.9 Å². The molecule has 2 aromatic rings. The van der Waals surface area contributed by atoms with E-state index in [1.165, 1.54) is 11.8 Å². The summed E-state index contributed by atoms with van der Waals surface area (Å²) in [6, 6.07) is 14.4. The molecule has 28 heavy (non-hydrogen) atoms. The largest absolute Gasteiger partial charge is 0.482 e. The molecular formula is C20H21NO6S. The van der Waals surface area contributed by atoms with Gasteiger partial charge in [-0.2, -0.15) is 0 Å². The van der Waals surface area contributed by atoms with Gasteiger partial charge in [0.2, 0.25) is 0 Å². The lowest BCUT2D eigenvalue weighted by Crippen LogP contribution is -2.10. The molecule has 1 unspecified atom stereocenters. The van der Waals surface area contributed by atoms with Gasteiger partial charge in [-0.25, -0.2) is 9.59 Å². The third kappa shape index (κ3) is 6.71. The Morgan fingerprint density at radius 1 is 1.07 bits per heavy atom. The Morgan fingerprint density at radius 3 is 2.18 bits per heavy atom. The molecule has 148 valence electrons. The molecule has 0 aromatic heterocycles. The van der Waals surface area contributed by atoms with Gasteiger partial charge >= 0.3 is 11.9 Å². The van der Waals surface area contributed by atoms with Crippen LogP contribution >= 0.6 is 11.8 Å². The van der Waals surface area contributed by atoms with Crippen LogP contribution in [0, 0.1) is 0 Å². The summed E-state index contributed by atoms with van der Waals surface area (Å²) in [4.78, 5) is 28.2. The number of carbonyl (C=O) groups is 2. The first-order valence-electron chi connectivity index (χ1n) is 8.54. The number of ether oxygens (including phenoxy) is 1. The van der Waals surface area contributed by atoms with Gasteiger partial charge in [0, 0.05) is 16.2 Å². The first-order valence-corrected chi connectivity index (χ1v) is 9.35. The Bertz CT molecular complexity index is 833. The van der Waals surface area contributed by atoms with Crippen molar-refractivity contribution in [2.45, 2.75) is 36.2 Å². The molecule has 8 heteroatoms. The summed E-state index contributed by atoms with van der Waals surface area (Å²) in [5.41, 5.74) is 0.926. The third-order valence-electron chi connectivity index (χ3n) is 3.59. The minimum Gasteiger partial charge on any atom is -0.482 e. The Labute approximate surface area is 167 Å². The second-order valence-corrected chi connectivity index (χ2v) is 6.92. The summed E-state index contributed by atoms with van der Waals surface area (Å²) >= 11 is 1.51. The monoisotopic (exact) mass is 403 g/mol. The highest BCUT2D eigenvalue weighted by Crippen LogP contribution is 2.30. The van der Waals surface area contributed by atoms with Gasteiger partial charge in [0.15, 0.2) is 6.61 Å². The van der Waals surface area contributed by atoms with Gasteiger partial charge in [-0.15, -0.1) is 0 Å². The maximum Gasteiger partial charge on any atom is 0.341 e. The summed E-state index contributed by atoms with van der Waals surface area (Å²) in [5.74, 6) is -0.994. The lowest BCUT2D eigenvalue weighted by Gasteiger charge is -2.11. The van der Waals surface area contributed by atoms with E-state index in [4.69, 9.17) is 9.84 Å². The number of rotatable bonds is 9. The standard InChI is InChI=1S/C20H21NO6S/c1-3-19(24)27-21-13(2)20(25)14-4-8-16(9-5-14)28-17-10-6-15(7-11-17)26-12-18(22)23/h4-11,20,25H,3,12H2,1-2H3,(H,22,23)/b21-13+. The molecule has 7 nitrogen and oxygen atoms in total. The van der Waals surface area contributed by atoms with Crippen LogP contribution in [0.2, 0.25) is 0 Å². The minimum absolute atomic E-state index is 0.214. The molecule has 0 heterocycles. The zero-order valence-electron chi connectivity index (χ0n) is 15.5. The van der Waals surface area contributed by atoms with Crippen molar-refractivity contribution >= 4 is 29.4 Å². The van der Waals surface area contributed by atoms with Crippen molar-refractivity contribution in [1.29, 1.82) is 0 Å². The van der Waals surface area contributed by atoms with Gasteiger partial charge in [-0.3, -0.25) is 0 Å². The van der Waals surface area contributed by atoms with Crippen LogP contribution in [0.3, 0.4) is 0 Å². The molecule has 1 atom stereocenters. The van der Waals surface area contributed by atoms with Gasteiger partial charge in [0.05, 0.1) is 5.71 Å². The topological polar surface area (TPSA) is 105 Å². The first kappa shape index (κ1) is 21.5. The lowest BCUT2D eigenvalue weighted by molar-refractivity contribution is -0.143. The zero-order chi connectivity index (χ0) is 20.5. The zero-order valence-corrected chi connectivity index (χ0v) is 16.3. The molecule has 0 saturated heterocycles. The van der Waals surface area contributed by atoms with Crippen molar-refractivity contribution in [3.63, 3.8) is 0 Å². The van der Waals surface area contributed by atoms with Gasteiger partial charge in [0.1, 0.15) is 11.9 Å². The number of hydrogen-bond acceptors (Lipinski definition) is 7. The van der Waals surface area contributed by atoms with Crippen molar-refractivity contribution in [2.75, 3.05) is 6.61 Å². The maximum atomic E-state index is 11.1. The predicted molar refractivity (Wildman–Crippen MR) is 105 cm³/mol. The number of carboxylic acids is 1. The average molecular weight is 403 g/mol. The molecule has 0 bridgehead atoms. The van der Waals surface area contributed by atoms with Crippen molar-refractivity contribution in [2.24, 2.45) is 5.16 Å². The van der Waals surface area contributed by atoms with E-state index in [0.717, 1.165) is 9.79 Å². The van der Waals surface area contributed by atoms with Crippen LogP contribution in [-0.4, -0.2) is 34.5 Å². The highest BCUT2D eigenvalue weighted by atomic mass is 32.2. The number of aliphatic hydroxyl groups is 1. The summed E-state index contributed by atoms with van der Waals surface area (Å²) < 4.78 is 5.10. The SMILES string of the molecule is CCC(=O)O/N=C(\C)C(O)c1ccc(Sc2ccc(OCC(=O)O)cc2)cc1. The van der Waals surface area contributed by atoms with E-state index < -0.39 is 18.0 Å². The quantitative estimate of drug-likeness (QED) is 0.374. The molecule has 0 radical (unpaired) electrons. The van der Waals surface area contributed by atoms with Gasteiger partial charge in [-0.1, -0.05) is 36.0 Å². The number of aliphatic carboxylic acids is 1. The van der Waals surface area contributed by atoms with Crippen molar-refractivity contribution < 1.29 is 29.4 Å². The number of carbonyl (C=O) groups excluding carboxylic acids is 1. The Balaban J connectivity index is 1.96. The van der Waals surface area contributed by atoms with Crippen LogP contribution in [0.15, 0.2) is 63.5 Å². The second kappa shape index (κ2) is 10.5. The van der Waals surface area contributed by atoms with Crippen molar-refractivity contribution in [3.8, 4) is 5.75 Å². The molecule has 0 aliphatic carbocycles. The molecule has 0 fully saturated rings. The van der Waals surface area contributed by atoms with E-state index in [0.29, 0.717) is 17.0 Å². The van der Waals surface area contributed by atoms with Gasteiger partial charge in [0.25, 0.3) is 0 Å². The predicted octanol–water partition coefficient (Wildman–Crippen LogP) is 3.66. The van der Waals surface area contributed by atoms with E-state index in [9.17, 15) is 14.7 Å². The van der Waals surface area contributed by atoms with Crippen molar-refractivity contribution in [1.82, 2.24) is 0 Å². The fourth-order valence-electron chi connectivity index (χ4n) is 2.08. The molecule has 0 amide bonds. The Kier molecular flexibility index (Phi) is 8.03. The summed E-state index contributed by atoms with van der Waals surface area (Å²) in [6.45, 7) is 2.87. The number of hydrogen-bond donors (Lipinski definition) is 2. The smallest absolute Gasteiger partial charge is 0.341 e. The molecule has 2 rings (SSSR count). The van der Waals surface area contributed by atoms with E-state index in [-0.39, 0.29) is 13.0 Å². The molecule has 2 N–H and O–H groups in total. The van der Waals surface area contributed by atoms with E-state index >= 15 is 0 Å². The molecule has 0 aliphatic rings. The number of aliphatic hydroxyl groups excluding tert-OH is 1. The minimum atomic E-state index is -1.02. The Morgan fingerprint density at radius 2 is 1.64 bits per heavy atom. The van der Waals surface area contributed by atoms with Crippen LogP contribution < -0.4 is 4.74 Å². The maximum absolute atomic E-state index is 11.1. The Hall–Kier alpha value is -2.84. The molecule has 0 saturated carbocycles.